The standard InChI is InChI=1S/C23H21ClN2O4S/c1-2-14-10-20-17(12-18(14)24)15(11-21(28)30-20)13-31-23-25-19-7-4-3-6-16(19)22(29)26(23)8-5-9-27/h3-4,6-7,10-12,27H,2,5,8-9,13H2,1H3. The van der Waals surface area contributed by atoms with Crippen molar-refractivity contribution in [3.63, 3.8) is 0 Å². The molecule has 0 saturated heterocycles. The lowest BCUT2D eigenvalue weighted by Crippen LogP contribution is -2.24. The molecular formula is C23H21ClN2O4S. The minimum atomic E-state index is -0.434. The normalized spacial score (nSPS) is 11.5. The lowest BCUT2D eigenvalue weighted by molar-refractivity contribution is 0.276. The van der Waals surface area contributed by atoms with Crippen LogP contribution < -0.4 is 11.2 Å². The molecule has 4 aromatic rings. The number of aliphatic hydroxyl groups excluding tert-OH is 1. The SMILES string of the molecule is CCc1cc2oc(=O)cc(CSc3nc4ccccc4c(=O)n3CCCO)c2cc1Cl. The van der Waals surface area contributed by atoms with Gasteiger partial charge >= 0.3 is 5.63 Å². The molecule has 0 unspecified atom stereocenters. The van der Waals surface area contributed by atoms with Gasteiger partial charge in [0.15, 0.2) is 5.16 Å². The van der Waals surface area contributed by atoms with Gasteiger partial charge in [-0.1, -0.05) is 42.4 Å². The van der Waals surface area contributed by atoms with Crippen molar-refractivity contribution in [1.82, 2.24) is 9.55 Å². The predicted octanol–water partition coefficient (Wildman–Crippen LogP) is 4.39. The Bertz CT molecular complexity index is 1380. The van der Waals surface area contributed by atoms with Crippen molar-refractivity contribution in [2.24, 2.45) is 0 Å². The molecule has 31 heavy (non-hydrogen) atoms. The van der Waals surface area contributed by atoms with Crippen LogP contribution >= 0.6 is 23.4 Å². The molecule has 6 nitrogen and oxygen atoms in total. The van der Waals surface area contributed by atoms with E-state index in [9.17, 15) is 14.7 Å². The largest absolute Gasteiger partial charge is 0.423 e. The van der Waals surface area contributed by atoms with Gasteiger partial charge in [-0.05, 0) is 48.2 Å². The van der Waals surface area contributed by atoms with Gasteiger partial charge in [0.2, 0.25) is 0 Å². The van der Waals surface area contributed by atoms with Gasteiger partial charge in [-0.3, -0.25) is 9.36 Å². The van der Waals surface area contributed by atoms with E-state index in [1.165, 1.54) is 17.8 Å². The zero-order valence-electron chi connectivity index (χ0n) is 16.9. The van der Waals surface area contributed by atoms with Crippen LogP contribution in [0.25, 0.3) is 21.9 Å². The molecule has 0 spiro atoms. The van der Waals surface area contributed by atoms with E-state index in [1.54, 1.807) is 28.8 Å². The van der Waals surface area contributed by atoms with Gasteiger partial charge in [0.25, 0.3) is 5.56 Å². The molecule has 0 aliphatic carbocycles. The van der Waals surface area contributed by atoms with E-state index in [-0.39, 0.29) is 12.2 Å². The highest BCUT2D eigenvalue weighted by atomic mass is 35.5. The molecule has 0 atom stereocenters. The molecule has 0 amide bonds. The average Bonchev–Trinajstić information content (AvgIpc) is 2.77. The fraction of sp³-hybridized carbons (Fsp3) is 0.261. The fourth-order valence-electron chi connectivity index (χ4n) is 3.51. The highest BCUT2D eigenvalue weighted by molar-refractivity contribution is 7.98. The third kappa shape index (κ3) is 4.39. The van der Waals surface area contributed by atoms with Crippen molar-refractivity contribution in [2.75, 3.05) is 6.61 Å². The van der Waals surface area contributed by atoms with Crippen LogP contribution in [0.15, 0.2) is 61.6 Å². The van der Waals surface area contributed by atoms with Crippen molar-refractivity contribution in [3.05, 3.63) is 79.4 Å². The third-order valence-corrected chi connectivity index (χ3v) is 6.48. The molecule has 8 heteroatoms. The summed E-state index contributed by atoms with van der Waals surface area (Å²) in [7, 11) is 0. The maximum atomic E-state index is 13.0. The fourth-order valence-corrected chi connectivity index (χ4v) is 4.82. The first kappa shape index (κ1) is 21.6. The third-order valence-electron chi connectivity index (χ3n) is 5.10. The number of hydrogen-bond donors (Lipinski definition) is 1. The Morgan fingerprint density at radius 3 is 2.71 bits per heavy atom. The molecule has 2 aromatic heterocycles. The van der Waals surface area contributed by atoms with Gasteiger partial charge < -0.3 is 9.52 Å². The molecule has 2 aromatic carbocycles. The molecule has 0 aliphatic rings. The van der Waals surface area contributed by atoms with Crippen LogP contribution in [0.3, 0.4) is 0 Å². The Labute approximate surface area is 187 Å². The molecular weight excluding hydrogens is 436 g/mol. The average molecular weight is 457 g/mol. The molecule has 0 aliphatic heterocycles. The topological polar surface area (TPSA) is 85.3 Å². The van der Waals surface area contributed by atoms with Crippen molar-refractivity contribution >= 4 is 45.2 Å². The summed E-state index contributed by atoms with van der Waals surface area (Å²) in [6.07, 6.45) is 1.18. The summed E-state index contributed by atoms with van der Waals surface area (Å²) in [6, 6.07) is 12.3. The molecule has 0 bridgehead atoms. The van der Waals surface area contributed by atoms with Crippen LogP contribution in [0, 0.1) is 0 Å². The van der Waals surface area contributed by atoms with Crippen LogP contribution in [0.1, 0.15) is 24.5 Å². The van der Waals surface area contributed by atoms with Crippen LogP contribution in [-0.4, -0.2) is 21.3 Å². The monoisotopic (exact) mass is 456 g/mol. The summed E-state index contributed by atoms with van der Waals surface area (Å²) in [5, 5.41) is 11.7. The predicted molar refractivity (Wildman–Crippen MR) is 124 cm³/mol. The van der Waals surface area contributed by atoms with Gasteiger partial charge in [-0.15, -0.1) is 0 Å². The zero-order valence-corrected chi connectivity index (χ0v) is 18.5. The zero-order chi connectivity index (χ0) is 22.0. The van der Waals surface area contributed by atoms with Crippen molar-refractivity contribution in [1.29, 1.82) is 0 Å². The number of hydrogen-bond acceptors (Lipinski definition) is 6. The van der Waals surface area contributed by atoms with E-state index < -0.39 is 5.63 Å². The number of halogens is 1. The Morgan fingerprint density at radius 2 is 1.94 bits per heavy atom. The number of para-hydroxylation sites is 1. The van der Waals surface area contributed by atoms with Gasteiger partial charge in [0.05, 0.1) is 10.9 Å². The summed E-state index contributed by atoms with van der Waals surface area (Å²) >= 11 is 7.76. The Balaban J connectivity index is 1.77. The Morgan fingerprint density at radius 1 is 1.13 bits per heavy atom. The van der Waals surface area contributed by atoms with E-state index in [0.29, 0.717) is 45.4 Å². The van der Waals surface area contributed by atoms with E-state index in [1.807, 2.05) is 19.1 Å². The number of nitrogens with zero attached hydrogens (tertiary/aromatic N) is 2. The second-order valence-corrected chi connectivity index (χ2v) is 8.47. The minimum absolute atomic E-state index is 0.0218. The molecule has 2 heterocycles. The highest BCUT2D eigenvalue weighted by Gasteiger charge is 2.14. The number of aliphatic hydroxyl groups is 1. The van der Waals surface area contributed by atoms with Crippen molar-refractivity contribution < 1.29 is 9.52 Å². The van der Waals surface area contributed by atoms with E-state index in [4.69, 9.17) is 16.0 Å². The minimum Gasteiger partial charge on any atom is -0.423 e. The van der Waals surface area contributed by atoms with Gasteiger partial charge in [-0.2, -0.15) is 0 Å². The molecule has 0 fully saturated rings. The first-order valence-corrected chi connectivity index (χ1v) is 11.4. The van der Waals surface area contributed by atoms with Gasteiger partial charge in [0.1, 0.15) is 5.58 Å². The molecule has 4 rings (SSSR count). The number of rotatable bonds is 7. The maximum absolute atomic E-state index is 13.0. The molecule has 0 radical (unpaired) electrons. The van der Waals surface area contributed by atoms with Crippen LogP contribution in [0.2, 0.25) is 5.02 Å². The van der Waals surface area contributed by atoms with Crippen LogP contribution in [0.5, 0.6) is 0 Å². The summed E-state index contributed by atoms with van der Waals surface area (Å²) in [5.41, 5.74) is 2.20. The number of aromatic nitrogens is 2. The first-order valence-electron chi connectivity index (χ1n) is 10.00. The van der Waals surface area contributed by atoms with Crippen molar-refractivity contribution in [3.8, 4) is 0 Å². The number of aryl methyl sites for hydroxylation is 1. The smallest absolute Gasteiger partial charge is 0.336 e. The van der Waals surface area contributed by atoms with Crippen LogP contribution in [-0.2, 0) is 18.7 Å². The van der Waals surface area contributed by atoms with E-state index in [0.717, 1.165) is 22.9 Å². The summed E-state index contributed by atoms with van der Waals surface area (Å²) in [5.74, 6) is 0.411. The lowest BCUT2D eigenvalue weighted by atomic mass is 10.1. The highest BCUT2D eigenvalue weighted by Crippen LogP contribution is 2.30. The quantitative estimate of drug-likeness (QED) is 0.252. The molecule has 0 saturated carbocycles. The number of benzene rings is 2. The number of fused-ring (bicyclic) bond motifs is 2. The second kappa shape index (κ2) is 9.26. The van der Waals surface area contributed by atoms with E-state index in [2.05, 4.69) is 4.98 Å². The van der Waals surface area contributed by atoms with Gasteiger partial charge in [-0.25, -0.2) is 9.78 Å². The van der Waals surface area contributed by atoms with Crippen LogP contribution in [0.4, 0.5) is 0 Å². The summed E-state index contributed by atoms with van der Waals surface area (Å²) in [6.45, 7) is 2.33. The van der Waals surface area contributed by atoms with E-state index >= 15 is 0 Å². The van der Waals surface area contributed by atoms with Gasteiger partial charge in [0, 0.05) is 35.4 Å². The lowest BCUT2D eigenvalue weighted by Gasteiger charge is -2.13. The number of thioether (sulfide) groups is 1. The summed E-state index contributed by atoms with van der Waals surface area (Å²) in [4.78, 5) is 29.8. The molecule has 1 N–H and O–H groups in total. The first-order chi connectivity index (χ1) is 15.0. The Kier molecular flexibility index (Phi) is 6.46. The maximum Gasteiger partial charge on any atom is 0.336 e. The second-order valence-electron chi connectivity index (χ2n) is 7.12. The Hall–Kier alpha value is -2.61. The molecule has 160 valence electrons. The summed E-state index contributed by atoms with van der Waals surface area (Å²) < 4.78 is 6.97. The van der Waals surface area contributed by atoms with Crippen molar-refractivity contribution in [2.45, 2.75) is 37.2 Å².